The fraction of sp³-hybridized carbons (Fsp3) is 0.529. The van der Waals surface area contributed by atoms with E-state index in [-0.39, 0.29) is 17.2 Å². The molecule has 1 amide bonds. The van der Waals surface area contributed by atoms with Crippen LogP contribution in [0.4, 0.5) is 0 Å². The monoisotopic (exact) mass is 291 g/mol. The minimum Gasteiger partial charge on any atom is -0.480 e. The number of carbonyl (C=O) groups is 2. The van der Waals surface area contributed by atoms with Gasteiger partial charge in [0.05, 0.1) is 0 Å². The van der Waals surface area contributed by atoms with Crippen molar-refractivity contribution in [3.05, 3.63) is 35.9 Å². The van der Waals surface area contributed by atoms with Gasteiger partial charge in [0.15, 0.2) is 0 Å². The Bertz CT molecular complexity index is 480. The van der Waals surface area contributed by atoms with Crippen molar-refractivity contribution in [1.82, 2.24) is 5.32 Å². The summed E-state index contributed by atoms with van der Waals surface area (Å²) in [5, 5.41) is 11.7. The first-order valence-electron chi connectivity index (χ1n) is 7.32. The molecule has 0 unspecified atom stereocenters. The largest absolute Gasteiger partial charge is 0.480 e. The van der Waals surface area contributed by atoms with E-state index in [1.54, 1.807) is 13.8 Å². The number of carbonyl (C=O) groups excluding carboxylic acids is 1. The molecule has 0 aliphatic heterocycles. The Morgan fingerprint density at radius 1 is 1.19 bits per heavy atom. The zero-order valence-corrected chi connectivity index (χ0v) is 13.2. The number of nitrogens with one attached hydrogen (secondary N) is 1. The predicted molar refractivity (Wildman–Crippen MR) is 83.1 cm³/mol. The van der Waals surface area contributed by atoms with Crippen LogP contribution in [0, 0.1) is 5.92 Å². The van der Waals surface area contributed by atoms with Crippen molar-refractivity contribution in [2.45, 2.75) is 52.0 Å². The summed E-state index contributed by atoms with van der Waals surface area (Å²) in [6, 6.07) is 9.20. The molecular weight excluding hydrogens is 266 g/mol. The average Bonchev–Trinajstić information content (AvgIpc) is 2.43. The molecule has 0 saturated heterocycles. The highest BCUT2D eigenvalue weighted by Crippen LogP contribution is 2.28. The molecule has 1 aromatic carbocycles. The fourth-order valence-electron chi connectivity index (χ4n) is 2.22. The van der Waals surface area contributed by atoms with E-state index in [2.05, 4.69) is 19.2 Å². The standard InChI is InChI=1S/C17H25NO3/c1-12(2)15(16(20)21)18-14(19)10-11-17(3,4)13-8-6-5-7-9-13/h5-9,12,15H,10-11H2,1-4H3,(H,18,19)(H,20,21)/t15-/m1/s1. The van der Waals surface area contributed by atoms with Crippen molar-refractivity contribution < 1.29 is 14.7 Å². The van der Waals surface area contributed by atoms with Gasteiger partial charge in [-0.05, 0) is 23.3 Å². The molecule has 1 rings (SSSR count). The van der Waals surface area contributed by atoms with E-state index in [0.29, 0.717) is 12.8 Å². The fourth-order valence-corrected chi connectivity index (χ4v) is 2.22. The van der Waals surface area contributed by atoms with Gasteiger partial charge >= 0.3 is 5.97 Å². The van der Waals surface area contributed by atoms with E-state index in [1.807, 2.05) is 30.3 Å². The third kappa shape index (κ3) is 5.21. The van der Waals surface area contributed by atoms with Gasteiger partial charge in [-0.25, -0.2) is 4.79 Å². The number of carboxylic acid groups (broad SMARTS) is 1. The molecule has 0 aliphatic rings. The Morgan fingerprint density at radius 3 is 2.24 bits per heavy atom. The highest BCUT2D eigenvalue weighted by Gasteiger charge is 2.25. The summed E-state index contributed by atoms with van der Waals surface area (Å²) < 4.78 is 0. The summed E-state index contributed by atoms with van der Waals surface area (Å²) in [5.41, 5.74) is 1.06. The molecule has 2 N–H and O–H groups in total. The summed E-state index contributed by atoms with van der Waals surface area (Å²) in [4.78, 5) is 23.1. The number of benzene rings is 1. The molecule has 0 aliphatic carbocycles. The molecule has 4 heteroatoms. The Hall–Kier alpha value is -1.84. The van der Waals surface area contributed by atoms with Gasteiger partial charge in [0.2, 0.25) is 5.91 Å². The van der Waals surface area contributed by atoms with Gasteiger partial charge in [-0.3, -0.25) is 4.79 Å². The molecule has 0 bridgehead atoms. The minimum atomic E-state index is -0.985. The van der Waals surface area contributed by atoms with Gasteiger partial charge in [-0.15, -0.1) is 0 Å². The van der Waals surface area contributed by atoms with Gasteiger partial charge in [0, 0.05) is 6.42 Å². The molecule has 1 atom stereocenters. The first-order chi connectivity index (χ1) is 9.74. The van der Waals surface area contributed by atoms with Gasteiger partial charge in [0.1, 0.15) is 6.04 Å². The van der Waals surface area contributed by atoms with Crippen molar-refractivity contribution in [3.8, 4) is 0 Å². The first-order valence-corrected chi connectivity index (χ1v) is 7.32. The lowest BCUT2D eigenvalue weighted by molar-refractivity contribution is -0.143. The smallest absolute Gasteiger partial charge is 0.326 e. The van der Waals surface area contributed by atoms with Crippen LogP contribution < -0.4 is 5.32 Å². The SMILES string of the molecule is CC(C)[C@@H](NC(=O)CCC(C)(C)c1ccccc1)C(=O)O. The van der Waals surface area contributed by atoms with Crippen LogP contribution in [0.15, 0.2) is 30.3 Å². The summed E-state index contributed by atoms with van der Waals surface area (Å²) in [6.07, 6.45) is 0.992. The Kier molecular flexibility index (Phi) is 5.94. The molecule has 0 saturated carbocycles. The van der Waals surface area contributed by atoms with Crippen LogP contribution in [0.25, 0.3) is 0 Å². The molecule has 1 aromatic rings. The van der Waals surface area contributed by atoms with Gasteiger partial charge in [-0.2, -0.15) is 0 Å². The lowest BCUT2D eigenvalue weighted by atomic mass is 9.80. The highest BCUT2D eigenvalue weighted by atomic mass is 16.4. The van der Waals surface area contributed by atoms with Crippen LogP contribution in [-0.4, -0.2) is 23.0 Å². The molecule has 4 nitrogen and oxygen atoms in total. The van der Waals surface area contributed by atoms with Crippen LogP contribution in [0.5, 0.6) is 0 Å². The second kappa shape index (κ2) is 7.25. The van der Waals surface area contributed by atoms with Crippen LogP contribution in [0.3, 0.4) is 0 Å². The van der Waals surface area contributed by atoms with Gasteiger partial charge in [0.25, 0.3) is 0 Å². The Balaban J connectivity index is 2.58. The average molecular weight is 291 g/mol. The maximum atomic E-state index is 12.0. The Morgan fingerprint density at radius 2 is 1.76 bits per heavy atom. The van der Waals surface area contributed by atoms with E-state index >= 15 is 0 Å². The lowest BCUT2D eigenvalue weighted by Gasteiger charge is -2.25. The van der Waals surface area contributed by atoms with Crippen LogP contribution >= 0.6 is 0 Å². The van der Waals surface area contributed by atoms with Crippen LogP contribution in [-0.2, 0) is 15.0 Å². The van der Waals surface area contributed by atoms with E-state index in [9.17, 15) is 9.59 Å². The summed E-state index contributed by atoms with van der Waals surface area (Å²) in [7, 11) is 0. The van der Waals surface area contributed by atoms with E-state index < -0.39 is 12.0 Å². The predicted octanol–water partition coefficient (Wildman–Crippen LogP) is 2.97. The number of hydrogen-bond donors (Lipinski definition) is 2. The zero-order chi connectivity index (χ0) is 16.0. The van der Waals surface area contributed by atoms with Crippen molar-refractivity contribution in [2.75, 3.05) is 0 Å². The topological polar surface area (TPSA) is 66.4 Å². The molecule has 0 aromatic heterocycles. The summed E-state index contributed by atoms with van der Waals surface area (Å²) in [5.74, 6) is -1.32. The van der Waals surface area contributed by atoms with Crippen molar-refractivity contribution in [1.29, 1.82) is 0 Å². The van der Waals surface area contributed by atoms with Crippen LogP contribution in [0.2, 0.25) is 0 Å². The maximum Gasteiger partial charge on any atom is 0.326 e. The second-order valence-corrected chi connectivity index (χ2v) is 6.38. The third-order valence-electron chi connectivity index (χ3n) is 3.78. The summed E-state index contributed by atoms with van der Waals surface area (Å²) >= 11 is 0. The molecule has 21 heavy (non-hydrogen) atoms. The normalized spacial score (nSPS) is 13.0. The molecular formula is C17H25NO3. The number of aliphatic carboxylic acids is 1. The van der Waals surface area contributed by atoms with Crippen molar-refractivity contribution in [3.63, 3.8) is 0 Å². The van der Waals surface area contributed by atoms with Gasteiger partial charge < -0.3 is 10.4 Å². The van der Waals surface area contributed by atoms with E-state index in [4.69, 9.17) is 5.11 Å². The highest BCUT2D eigenvalue weighted by molar-refractivity contribution is 5.83. The number of amides is 1. The van der Waals surface area contributed by atoms with Gasteiger partial charge in [-0.1, -0.05) is 58.0 Å². The molecule has 0 spiro atoms. The van der Waals surface area contributed by atoms with E-state index in [1.165, 1.54) is 5.56 Å². The second-order valence-electron chi connectivity index (χ2n) is 6.38. The minimum absolute atomic E-state index is 0.116. The molecule has 116 valence electrons. The zero-order valence-electron chi connectivity index (χ0n) is 13.2. The number of rotatable bonds is 7. The lowest BCUT2D eigenvalue weighted by Crippen LogP contribution is -2.44. The van der Waals surface area contributed by atoms with Crippen molar-refractivity contribution >= 4 is 11.9 Å². The third-order valence-corrected chi connectivity index (χ3v) is 3.78. The maximum absolute atomic E-state index is 12.0. The number of hydrogen-bond acceptors (Lipinski definition) is 2. The van der Waals surface area contributed by atoms with E-state index in [0.717, 1.165) is 0 Å². The molecule has 0 heterocycles. The van der Waals surface area contributed by atoms with Crippen LogP contribution in [0.1, 0.15) is 46.1 Å². The Labute approximate surface area is 126 Å². The summed E-state index contributed by atoms with van der Waals surface area (Å²) in [6.45, 7) is 7.75. The van der Waals surface area contributed by atoms with Crippen molar-refractivity contribution in [2.24, 2.45) is 5.92 Å². The first kappa shape index (κ1) is 17.2. The quantitative estimate of drug-likeness (QED) is 0.811. The number of carboxylic acids is 1. The molecule has 0 radical (unpaired) electrons. The molecule has 0 fully saturated rings.